The quantitative estimate of drug-likeness (QED) is 0.759. The van der Waals surface area contributed by atoms with Crippen molar-refractivity contribution in [1.82, 2.24) is 0 Å². The highest BCUT2D eigenvalue weighted by atomic mass is 35.5. The average Bonchev–Trinajstić information content (AvgIpc) is 2.47. The minimum Gasteiger partial charge on any atom is -0.322 e. The van der Waals surface area contributed by atoms with Gasteiger partial charge in [0.25, 0.3) is 10.0 Å². The third kappa shape index (κ3) is 5.34. The van der Waals surface area contributed by atoms with Gasteiger partial charge in [0.2, 0.25) is 5.91 Å². The van der Waals surface area contributed by atoms with Crippen molar-refractivity contribution < 1.29 is 13.2 Å². The molecule has 0 aliphatic carbocycles. The Morgan fingerprint density at radius 1 is 1.08 bits per heavy atom. The van der Waals surface area contributed by atoms with Crippen LogP contribution in [0.2, 0.25) is 5.02 Å². The smallest absolute Gasteiger partial charge is 0.262 e. The SMILES string of the molecule is CC(C)=CC(=O)Nc1ccc(C)c(S(=O)(=O)Nc2cccc(Cl)c2)c1. The number of anilines is 2. The number of nitrogens with one attached hydrogen (secondary N) is 2. The molecular weight excluding hydrogens is 360 g/mol. The minimum atomic E-state index is -3.82. The molecule has 5 nitrogen and oxygen atoms in total. The van der Waals surface area contributed by atoms with Gasteiger partial charge in [-0.05, 0) is 56.7 Å². The van der Waals surface area contributed by atoms with Crippen molar-refractivity contribution in [1.29, 1.82) is 0 Å². The number of hydrogen-bond acceptors (Lipinski definition) is 3. The highest BCUT2D eigenvalue weighted by Gasteiger charge is 2.18. The van der Waals surface area contributed by atoms with Gasteiger partial charge in [0.15, 0.2) is 0 Å². The fourth-order valence-electron chi connectivity index (χ4n) is 2.17. The summed E-state index contributed by atoms with van der Waals surface area (Å²) in [7, 11) is -3.82. The third-order valence-electron chi connectivity index (χ3n) is 3.24. The fraction of sp³-hybridized carbons (Fsp3) is 0.167. The molecule has 0 saturated carbocycles. The Morgan fingerprint density at radius 2 is 1.80 bits per heavy atom. The van der Waals surface area contributed by atoms with Gasteiger partial charge in [-0.15, -0.1) is 0 Å². The van der Waals surface area contributed by atoms with Gasteiger partial charge in [0.05, 0.1) is 10.6 Å². The summed E-state index contributed by atoms with van der Waals surface area (Å²) >= 11 is 5.89. The van der Waals surface area contributed by atoms with Crippen LogP contribution in [0, 0.1) is 6.92 Å². The highest BCUT2D eigenvalue weighted by Crippen LogP contribution is 2.24. The van der Waals surface area contributed by atoms with Gasteiger partial charge in [0.1, 0.15) is 0 Å². The van der Waals surface area contributed by atoms with Gasteiger partial charge >= 0.3 is 0 Å². The van der Waals surface area contributed by atoms with Crippen LogP contribution in [-0.2, 0) is 14.8 Å². The van der Waals surface area contributed by atoms with Crippen LogP contribution in [-0.4, -0.2) is 14.3 Å². The molecule has 7 heteroatoms. The number of carbonyl (C=O) groups excluding carboxylic acids is 1. The third-order valence-corrected chi connectivity index (χ3v) is 5.00. The standard InChI is InChI=1S/C18H19ClN2O3S/c1-12(2)9-18(22)20-15-8-7-13(3)17(11-15)25(23,24)21-16-6-4-5-14(19)10-16/h4-11,21H,1-3H3,(H,20,22). The molecule has 25 heavy (non-hydrogen) atoms. The van der Waals surface area contributed by atoms with Gasteiger partial charge < -0.3 is 5.32 Å². The maximum atomic E-state index is 12.7. The van der Waals surface area contributed by atoms with Crippen molar-refractivity contribution in [3.8, 4) is 0 Å². The van der Waals surface area contributed by atoms with Gasteiger partial charge in [-0.2, -0.15) is 0 Å². The van der Waals surface area contributed by atoms with E-state index in [1.165, 1.54) is 18.2 Å². The normalized spacial score (nSPS) is 10.9. The van der Waals surface area contributed by atoms with Crippen LogP contribution < -0.4 is 10.0 Å². The molecule has 0 heterocycles. The van der Waals surface area contributed by atoms with E-state index in [9.17, 15) is 13.2 Å². The topological polar surface area (TPSA) is 75.3 Å². The number of halogens is 1. The van der Waals surface area contributed by atoms with Crippen LogP contribution in [0.15, 0.2) is 59.0 Å². The predicted molar refractivity (Wildman–Crippen MR) is 102 cm³/mol. The lowest BCUT2D eigenvalue weighted by Gasteiger charge is -2.12. The Kier molecular flexibility index (Phi) is 5.87. The summed E-state index contributed by atoms with van der Waals surface area (Å²) < 4.78 is 27.8. The average molecular weight is 379 g/mol. The van der Waals surface area contributed by atoms with Crippen molar-refractivity contribution >= 4 is 38.9 Å². The first-order valence-electron chi connectivity index (χ1n) is 7.52. The molecule has 2 aromatic carbocycles. The van der Waals surface area contributed by atoms with Gasteiger partial charge in [-0.3, -0.25) is 9.52 Å². The van der Waals surface area contributed by atoms with Crippen molar-refractivity contribution in [3.63, 3.8) is 0 Å². The summed E-state index contributed by atoms with van der Waals surface area (Å²) in [6.45, 7) is 5.30. The summed E-state index contributed by atoms with van der Waals surface area (Å²) in [5, 5.41) is 3.09. The van der Waals surface area contributed by atoms with E-state index in [-0.39, 0.29) is 10.8 Å². The van der Waals surface area contributed by atoms with Gasteiger partial charge in [0, 0.05) is 16.8 Å². The Labute approximate surface area is 152 Å². The number of hydrogen-bond donors (Lipinski definition) is 2. The van der Waals surface area contributed by atoms with E-state index in [0.717, 1.165) is 5.57 Å². The lowest BCUT2D eigenvalue weighted by atomic mass is 10.2. The lowest BCUT2D eigenvalue weighted by molar-refractivity contribution is -0.111. The van der Waals surface area contributed by atoms with Gasteiger partial charge in [-0.25, -0.2) is 8.42 Å². The van der Waals surface area contributed by atoms with Gasteiger partial charge in [-0.1, -0.05) is 29.3 Å². The summed E-state index contributed by atoms with van der Waals surface area (Å²) in [6, 6.07) is 11.2. The molecule has 0 atom stereocenters. The molecule has 0 saturated heterocycles. The number of carbonyl (C=O) groups is 1. The monoisotopic (exact) mass is 378 g/mol. The van der Waals surface area contributed by atoms with E-state index in [0.29, 0.717) is 22.0 Å². The van der Waals surface area contributed by atoms with Crippen molar-refractivity contribution in [2.45, 2.75) is 25.7 Å². The first-order valence-corrected chi connectivity index (χ1v) is 9.38. The van der Waals surface area contributed by atoms with E-state index in [1.807, 2.05) is 0 Å². The van der Waals surface area contributed by atoms with Crippen LogP contribution in [0.1, 0.15) is 19.4 Å². The Morgan fingerprint density at radius 3 is 2.44 bits per heavy atom. The van der Waals surface area contributed by atoms with Crippen LogP contribution in [0.25, 0.3) is 0 Å². The number of aryl methyl sites for hydroxylation is 1. The molecule has 1 amide bonds. The van der Waals surface area contributed by atoms with E-state index in [4.69, 9.17) is 11.6 Å². The molecule has 2 aromatic rings. The van der Waals surface area contributed by atoms with Crippen molar-refractivity contribution in [2.24, 2.45) is 0 Å². The number of amides is 1. The fourth-order valence-corrected chi connectivity index (χ4v) is 3.68. The molecule has 0 fully saturated rings. The first kappa shape index (κ1) is 19.0. The first-order chi connectivity index (χ1) is 11.7. The van der Waals surface area contributed by atoms with E-state index in [2.05, 4.69) is 10.0 Å². The van der Waals surface area contributed by atoms with Crippen LogP contribution in [0.4, 0.5) is 11.4 Å². The van der Waals surface area contributed by atoms with E-state index < -0.39 is 10.0 Å². The lowest BCUT2D eigenvalue weighted by Crippen LogP contribution is -2.15. The van der Waals surface area contributed by atoms with Crippen molar-refractivity contribution in [2.75, 3.05) is 10.0 Å². The molecule has 0 spiro atoms. The number of rotatable bonds is 5. The van der Waals surface area contributed by atoms with E-state index >= 15 is 0 Å². The maximum absolute atomic E-state index is 12.7. The highest BCUT2D eigenvalue weighted by molar-refractivity contribution is 7.92. The second kappa shape index (κ2) is 7.72. The number of sulfonamides is 1. The Hall–Kier alpha value is -2.31. The molecule has 0 bridgehead atoms. The van der Waals surface area contributed by atoms with Crippen molar-refractivity contribution in [3.05, 3.63) is 64.7 Å². The zero-order chi connectivity index (χ0) is 18.6. The molecule has 0 aromatic heterocycles. The molecular formula is C18H19ClN2O3S. The van der Waals surface area contributed by atoms with Crippen LogP contribution in [0.5, 0.6) is 0 Å². The van der Waals surface area contributed by atoms with Crippen LogP contribution in [0.3, 0.4) is 0 Å². The Bertz CT molecular complexity index is 933. The summed E-state index contributed by atoms with van der Waals surface area (Å²) in [6.07, 6.45) is 1.44. The zero-order valence-electron chi connectivity index (χ0n) is 14.1. The second-order valence-electron chi connectivity index (χ2n) is 5.81. The minimum absolute atomic E-state index is 0.0856. The molecule has 132 valence electrons. The Balaban J connectivity index is 2.32. The summed E-state index contributed by atoms with van der Waals surface area (Å²) in [5.41, 5.74) is 2.18. The summed E-state index contributed by atoms with van der Waals surface area (Å²) in [4.78, 5) is 11.9. The predicted octanol–water partition coefficient (Wildman–Crippen LogP) is 4.35. The largest absolute Gasteiger partial charge is 0.322 e. The molecule has 0 radical (unpaired) electrons. The molecule has 2 rings (SSSR count). The van der Waals surface area contributed by atoms with E-state index in [1.54, 1.807) is 51.1 Å². The molecule has 0 unspecified atom stereocenters. The number of benzene rings is 2. The maximum Gasteiger partial charge on any atom is 0.262 e. The summed E-state index contributed by atoms with van der Waals surface area (Å²) in [5.74, 6) is -0.310. The number of allylic oxidation sites excluding steroid dienone is 1. The molecule has 0 aliphatic heterocycles. The van der Waals surface area contributed by atoms with Crippen LogP contribution >= 0.6 is 11.6 Å². The zero-order valence-corrected chi connectivity index (χ0v) is 15.7. The molecule has 0 aliphatic rings. The molecule has 2 N–H and O–H groups in total. The second-order valence-corrected chi connectivity index (χ2v) is 7.89.